The molecule has 0 aliphatic heterocycles. The minimum absolute atomic E-state index is 0.0938. The highest BCUT2D eigenvalue weighted by Gasteiger charge is 2.34. The second kappa shape index (κ2) is 8.61. The molecular formula is C22H27N5O2. The zero-order valence-corrected chi connectivity index (χ0v) is 16.6. The number of aliphatic hydroxyl groups is 1. The number of hydrogen-bond acceptors (Lipinski definition) is 4. The predicted molar refractivity (Wildman–Crippen MR) is 110 cm³/mol. The molecule has 1 unspecified atom stereocenters. The molecule has 1 aromatic carbocycles. The van der Waals surface area contributed by atoms with Crippen LogP contribution in [0.2, 0.25) is 0 Å². The van der Waals surface area contributed by atoms with E-state index in [1.165, 1.54) is 0 Å². The van der Waals surface area contributed by atoms with Crippen molar-refractivity contribution in [3.05, 3.63) is 60.7 Å². The first-order chi connectivity index (χ1) is 14.1. The lowest BCUT2D eigenvalue weighted by atomic mass is 10.1. The highest BCUT2D eigenvalue weighted by molar-refractivity contribution is 5.78. The normalized spacial score (nSPS) is 21.4. The number of rotatable bonds is 7. The van der Waals surface area contributed by atoms with E-state index in [0.29, 0.717) is 6.42 Å². The SMILES string of the molecule is CCn1ccc(CC(=O)N[C@@H]2CC(Cn3ccnc3-c3ccccc3)C[C@H]2O)n1. The van der Waals surface area contributed by atoms with Crippen molar-refractivity contribution < 1.29 is 9.90 Å². The highest BCUT2D eigenvalue weighted by atomic mass is 16.3. The molecule has 7 nitrogen and oxygen atoms in total. The number of imidazole rings is 1. The molecule has 4 rings (SSSR count). The quantitative estimate of drug-likeness (QED) is 0.645. The van der Waals surface area contributed by atoms with Crippen molar-refractivity contribution in [3.8, 4) is 11.4 Å². The summed E-state index contributed by atoms with van der Waals surface area (Å²) in [6, 6.07) is 11.7. The van der Waals surface area contributed by atoms with Crippen LogP contribution < -0.4 is 5.32 Å². The highest BCUT2D eigenvalue weighted by Crippen LogP contribution is 2.29. The van der Waals surface area contributed by atoms with Crippen molar-refractivity contribution in [3.63, 3.8) is 0 Å². The van der Waals surface area contributed by atoms with E-state index in [4.69, 9.17) is 0 Å². The van der Waals surface area contributed by atoms with Gasteiger partial charge < -0.3 is 15.0 Å². The minimum Gasteiger partial charge on any atom is -0.391 e. The van der Waals surface area contributed by atoms with E-state index < -0.39 is 6.10 Å². The van der Waals surface area contributed by atoms with Gasteiger partial charge in [0, 0.05) is 37.2 Å². The first-order valence-corrected chi connectivity index (χ1v) is 10.2. The van der Waals surface area contributed by atoms with Gasteiger partial charge in [-0.15, -0.1) is 0 Å². The molecule has 3 aromatic rings. The van der Waals surface area contributed by atoms with Crippen molar-refractivity contribution in [2.75, 3.05) is 0 Å². The van der Waals surface area contributed by atoms with E-state index in [1.54, 1.807) is 4.68 Å². The van der Waals surface area contributed by atoms with Crippen molar-refractivity contribution in [1.29, 1.82) is 0 Å². The first-order valence-electron chi connectivity index (χ1n) is 10.2. The van der Waals surface area contributed by atoms with Crippen molar-refractivity contribution >= 4 is 5.91 Å². The zero-order valence-electron chi connectivity index (χ0n) is 16.6. The van der Waals surface area contributed by atoms with Crippen LogP contribution in [0.4, 0.5) is 0 Å². The van der Waals surface area contributed by atoms with Crippen LogP contribution in [0.1, 0.15) is 25.5 Å². The number of nitrogens with one attached hydrogen (secondary N) is 1. The molecule has 0 radical (unpaired) electrons. The van der Waals surface area contributed by atoms with Crippen LogP contribution in [-0.2, 0) is 24.3 Å². The average molecular weight is 393 g/mol. The van der Waals surface area contributed by atoms with Crippen molar-refractivity contribution in [2.24, 2.45) is 5.92 Å². The van der Waals surface area contributed by atoms with Crippen LogP contribution in [0.15, 0.2) is 55.0 Å². The Morgan fingerprint density at radius 3 is 2.79 bits per heavy atom. The van der Waals surface area contributed by atoms with Gasteiger partial charge in [-0.1, -0.05) is 30.3 Å². The van der Waals surface area contributed by atoms with Gasteiger partial charge in [0.05, 0.1) is 24.3 Å². The fourth-order valence-corrected chi connectivity index (χ4v) is 4.10. The fraction of sp³-hybridized carbons (Fsp3) is 0.409. The van der Waals surface area contributed by atoms with Gasteiger partial charge in [0.25, 0.3) is 0 Å². The number of carbonyl (C=O) groups excluding carboxylic acids is 1. The molecule has 0 saturated heterocycles. The standard InChI is InChI=1S/C22H27N5O2/c1-2-27-10-8-18(25-27)14-21(29)24-19-12-16(13-20(19)28)15-26-11-9-23-22(26)17-6-4-3-5-7-17/h3-11,16,19-20,28H,2,12-15H2,1H3,(H,24,29)/t16?,19-,20-/m1/s1. The summed E-state index contributed by atoms with van der Waals surface area (Å²) in [4.78, 5) is 16.9. The van der Waals surface area contributed by atoms with Crippen molar-refractivity contribution in [1.82, 2.24) is 24.6 Å². The second-order valence-electron chi connectivity index (χ2n) is 7.69. The monoisotopic (exact) mass is 393 g/mol. The van der Waals surface area contributed by atoms with E-state index >= 15 is 0 Å². The smallest absolute Gasteiger partial charge is 0.226 e. The Bertz CT molecular complexity index is 949. The summed E-state index contributed by atoms with van der Waals surface area (Å²) in [5, 5.41) is 17.8. The maximum absolute atomic E-state index is 12.4. The number of benzene rings is 1. The molecule has 1 aliphatic carbocycles. The molecule has 2 N–H and O–H groups in total. The Kier molecular flexibility index (Phi) is 5.76. The van der Waals surface area contributed by atoms with E-state index in [9.17, 15) is 9.90 Å². The molecule has 1 aliphatic rings. The summed E-state index contributed by atoms with van der Waals surface area (Å²) < 4.78 is 3.94. The van der Waals surface area contributed by atoms with Crippen LogP contribution in [0.25, 0.3) is 11.4 Å². The molecule has 152 valence electrons. The number of aliphatic hydroxyl groups excluding tert-OH is 1. The van der Waals surface area contributed by atoms with Gasteiger partial charge >= 0.3 is 0 Å². The largest absolute Gasteiger partial charge is 0.391 e. The molecule has 2 aromatic heterocycles. The number of aryl methyl sites for hydroxylation is 1. The van der Waals surface area contributed by atoms with Crippen LogP contribution in [0, 0.1) is 5.92 Å². The molecule has 1 amide bonds. The average Bonchev–Trinajstić information content (AvgIpc) is 3.44. The fourth-order valence-electron chi connectivity index (χ4n) is 4.10. The Morgan fingerprint density at radius 2 is 2.03 bits per heavy atom. The molecular weight excluding hydrogens is 366 g/mol. The second-order valence-corrected chi connectivity index (χ2v) is 7.69. The third-order valence-corrected chi connectivity index (χ3v) is 5.54. The molecule has 1 saturated carbocycles. The summed E-state index contributed by atoms with van der Waals surface area (Å²) in [7, 11) is 0. The summed E-state index contributed by atoms with van der Waals surface area (Å²) in [6.07, 6.45) is 6.79. The van der Waals surface area contributed by atoms with Crippen LogP contribution >= 0.6 is 0 Å². The van der Waals surface area contributed by atoms with Gasteiger partial charge in [0.2, 0.25) is 5.91 Å². The molecule has 29 heavy (non-hydrogen) atoms. The van der Waals surface area contributed by atoms with Crippen LogP contribution in [0.3, 0.4) is 0 Å². The van der Waals surface area contributed by atoms with E-state index in [0.717, 1.165) is 36.6 Å². The van der Waals surface area contributed by atoms with Gasteiger partial charge in [-0.3, -0.25) is 9.48 Å². The third kappa shape index (κ3) is 4.56. The zero-order chi connectivity index (χ0) is 20.2. The predicted octanol–water partition coefficient (Wildman–Crippen LogP) is 2.26. The summed E-state index contributed by atoms with van der Waals surface area (Å²) >= 11 is 0. The van der Waals surface area contributed by atoms with Crippen molar-refractivity contribution in [2.45, 2.75) is 51.4 Å². The molecule has 0 bridgehead atoms. The maximum Gasteiger partial charge on any atom is 0.226 e. The molecule has 7 heteroatoms. The van der Waals surface area contributed by atoms with Gasteiger partial charge in [-0.05, 0) is 31.7 Å². The lowest BCUT2D eigenvalue weighted by molar-refractivity contribution is -0.121. The summed E-state index contributed by atoms with van der Waals surface area (Å²) in [6.45, 7) is 3.56. The third-order valence-electron chi connectivity index (χ3n) is 5.54. The number of carbonyl (C=O) groups is 1. The van der Waals surface area contributed by atoms with E-state index in [-0.39, 0.29) is 24.3 Å². The number of nitrogens with zero attached hydrogens (tertiary/aromatic N) is 4. The Morgan fingerprint density at radius 1 is 1.21 bits per heavy atom. The summed E-state index contributed by atoms with van der Waals surface area (Å²) in [5.74, 6) is 1.12. The summed E-state index contributed by atoms with van der Waals surface area (Å²) in [5.41, 5.74) is 1.83. The van der Waals surface area contributed by atoms with Gasteiger partial charge in [0.1, 0.15) is 5.82 Å². The lowest BCUT2D eigenvalue weighted by Gasteiger charge is -2.16. The Balaban J connectivity index is 1.34. The molecule has 3 atom stereocenters. The van der Waals surface area contributed by atoms with Gasteiger partial charge in [-0.25, -0.2) is 4.98 Å². The molecule has 2 heterocycles. The maximum atomic E-state index is 12.4. The number of amides is 1. The topological polar surface area (TPSA) is 85.0 Å². The molecule has 0 spiro atoms. The Labute approximate surface area is 170 Å². The molecule has 1 fully saturated rings. The van der Waals surface area contributed by atoms with Crippen LogP contribution in [-0.4, -0.2) is 42.5 Å². The van der Waals surface area contributed by atoms with E-state index in [1.807, 2.05) is 61.9 Å². The van der Waals surface area contributed by atoms with E-state index in [2.05, 4.69) is 20.0 Å². The minimum atomic E-state index is -0.527. The van der Waals surface area contributed by atoms with Gasteiger partial charge in [-0.2, -0.15) is 5.10 Å². The lowest BCUT2D eigenvalue weighted by Crippen LogP contribution is -2.40. The Hall–Kier alpha value is -2.93. The van der Waals surface area contributed by atoms with Gasteiger partial charge in [0.15, 0.2) is 0 Å². The first kappa shape index (κ1) is 19.4. The number of hydrogen-bond donors (Lipinski definition) is 2. The van der Waals surface area contributed by atoms with Crippen LogP contribution in [0.5, 0.6) is 0 Å². The number of aromatic nitrogens is 4.